The largest absolute Gasteiger partial charge is 0.468 e. The molecule has 0 aliphatic rings. The van der Waals surface area contributed by atoms with Gasteiger partial charge in [-0.3, -0.25) is 9.59 Å². The standard InChI is InChI=1S/C9H18N2O4S/c1-14-4-3-11-8(12)6-16-5-7(10)9(13)15-2/h7H,3-6,10H2,1-2H3,(H,11,12). The number of nitrogens with two attached hydrogens (primary N) is 1. The van der Waals surface area contributed by atoms with Crippen molar-refractivity contribution in [1.29, 1.82) is 0 Å². The van der Waals surface area contributed by atoms with Gasteiger partial charge in [0.15, 0.2) is 0 Å². The Balaban J connectivity index is 3.50. The molecule has 1 unspecified atom stereocenters. The third kappa shape index (κ3) is 7.49. The first kappa shape index (κ1) is 15.2. The first-order chi connectivity index (χ1) is 7.61. The molecule has 0 saturated heterocycles. The van der Waals surface area contributed by atoms with Gasteiger partial charge in [-0.25, -0.2) is 0 Å². The molecule has 0 bridgehead atoms. The maximum Gasteiger partial charge on any atom is 0.323 e. The molecule has 0 rings (SSSR count). The quantitative estimate of drug-likeness (QED) is 0.423. The molecule has 0 heterocycles. The SMILES string of the molecule is COCCNC(=O)CSCC(N)C(=O)OC. The van der Waals surface area contributed by atoms with Crippen LogP contribution in [-0.2, 0) is 19.1 Å². The number of ether oxygens (including phenoxy) is 2. The number of hydrogen-bond acceptors (Lipinski definition) is 6. The zero-order valence-corrected chi connectivity index (χ0v) is 10.3. The van der Waals surface area contributed by atoms with E-state index < -0.39 is 12.0 Å². The average Bonchev–Trinajstić information content (AvgIpc) is 2.28. The van der Waals surface area contributed by atoms with Crippen LogP contribution >= 0.6 is 11.8 Å². The van der Waals surface area contributed by atoms with Crippen LogP contribution in [0.4, 0.5) is 0 Å². The predicted octanol–water partition coefficient (Wildman–Crippen LogP) is -1.02. The van der Waals surface area contributed by atoms with Crippen LogP contribution in [0.15, 0.2) is 0 Å². The minimum absolute atomic E-state index is 0.0980. The van der Waals surface area contributed by atoms with Gasteiger partial charge in [0.1, 0.15) is 6.04 Å². The highest BCUT2D eigenvalue weighted by atomic mass is 32.2. The number of carbonyl (C=O) groups is 2. The molecule has 7 heteroatoms. The summed E-state index contributed by atoms with van der Waals surface area (Å²) in [4.78, 5) is 22.1. The zero-order chi connectivity index (χ0) is 12.4. The predicted molar refractivity (Wildman–Crippen MR) is 62.2 cm³/mol. The Morgan fingerprint density at radius 2 is 2.12 bits per heavy atom. The van der Waals surface area contributed by atoms with Crippen molar-refractivity contribution >= 4 is 23.6 Å². The first-order valence-corrected chi connectivity index (χ1v) is 5.94. The molecule has 0 aliphatic carbocycles. The second-order valence-electron chi connectivity index (χ2n) is 2.99. The molecular weight excluding hydrogens is 232 g/mol. The molecule has 0 radical (unpaired) electrons. The smallest absolute Gasteiger partial charge is 0.323 e. The van der Waals surface area contributed by atoms with Gasteiger partial charge in [-0.2, -0.15) is 0 Å². The van der Waals surface area contributed by atoms with E-state index in [1.807, 2.05) is 0 Å². The number of nitrogens with one attached hydrogen (secondary N) is 1. The molecular formula is C9H18N2O4S. The average molecular weight is 250 g/mol. The Hall–Kier alpha value is -0.790. The van der Waals surface area contributed by atoms with Crippen molar-refractivity contribution < 1.29 is 19.1 Å². The van der Waals surface area contributed by atoms with Crippen LogP contribution in [-0.4, -0.2) is 56.8 Å². The Labute approximate surface area is 99.2 Å². The second kappa shape index (κ2) is 9.44. The molecule has 94 valence electrons. The van der Waals surface area contributed by atoms with Gasteiger partial charge < -0.3 is 20.5 Å². The summed E-state index contributed by atoms with van der Waals surface area (Å²) < 4.78 is 9.23. The van der Waals surface area contributed by atoms with Gasteiger partial charge in [-0.05, 0) is 0 Å². The topological polar surface area (TPSA) is 90.6 Å². The van der Waals surface area contributed by atoms with E-state index >= 15 is 0 Å². The van der Waals surface area contributed by atoms with Crippen molar-refractivity contribution in [2.75, 3.05) is 38.9 Å². The van der Waals surface area contributed by atoms with Gasteiger partial charge in [0, 0.05) is 19.4 Å². The van der Waals surface area contributed by atoms with Crippen molar-refractivity contribution in [3.8, 4) is 0 Å². The summed E-state index contributed by atoms with van der Waals surface area (Å²) in [6, 6.07) is -0.679. The summed E-state index contributed by atoms with van der Waals surface area (Å²) in [7, 11) is 2.85. The molecule has 16 heavy (non-hydrogen) atoms. The minimum atomic E-state index is -0.679. The lowest BCUT2D eigenvalue weighted by molar-refractivity contribution is -0.141. The lowest BCUT2D eigenvalue weighted by Crippen LogP contribution is -2.35. The van der Waals surface area contributed by atoms with E-state index in [1.165, 1.54) is 18.9 Å². The molecule has 0 aromatic heterocycles. The summed E-state index contributed by atoms with van der Waals surface area (Å²) in [6.07, 6.45) is 0. The molecule has 1 atom stereocenters. The van der Waals surface area contributed by atoms with E-state index in [-0.39, 0.29) is 11.7 Å². The summed E-state index contributed by atoms with van der Waals surface area (Å²) in [6.45, 7) is 0.969. The van der Waals surface area contributed by atoms with Crippen LogP contribution in [0.3, 0.4) is 0 Å². The lowest BCUT2D eigenvalue weighted by atomic mass is 10.4. The number of hydrogen-bond donors (Lipinski definition) is 2. The summed E-state index contributed by atoms with van der Waals surface area (Å²) in [5, 5.41) is 2.66. The highest BCUT2D eigenvalue weighted by Gasteiger charge is 2.13. The van der Waals surface area contributed by atoms with Crippen molar-refractivity contribution in [1.82, 2.24) is 5.32 Å². The fraction of sp³-hybridized carbons (Fsp3) is 0.778. The van der Waals surface area contributed by atoms with E-state index in [4.69, 9.17) is 10.5 Å². The van der Waals surface area contributed by atoms with E-state index in [2.05, 4.69) is 10.1 Å². The van der Waals surface area contributed by atoms with Gasteiger partial charge in [-0.1, -0.05) is 0 Å². The Morgan fingerprint density at radius 3 is 2.69 bits per heavy atom. The second-order valence-corrected chi connectivity index (χ2v) is 4.02. The maximum atomic E-state index is 11.2. The van der Waals surface area contributed by atoms with Crippen LogP contribution < -0.4 is 11.1 Å². The summed E-state index contributed by atoms with van der Waals surface area (Å²) in [5.41, 5.74) is 5.49. The van der Waals surface area contributed by atoms with Crippen LogP contribution in [0.2, 0.25) is 0 Å². The van der Waals surface area contributed by atoms with Gasteiger partial charge in [0.05, 0.1) is 19.5 Å². The van der Waals surface area contributed by atoms with Gasteiger partial charge in [-0.15, -0.1) is 11.8 Å². The fourth-order valence-electron chi connectivity index (χ4n) is 0.842. The number of rotatable bonds is 8. The number of amides is 1. The number of methoxy groups -OCH3 is 2. The van der Waals surface area contributed by atoms with Crippen molar-refractivity contribution in [3.63, 3.8) is 0 Å². The molecule has 0 saturated carbocycles. The monoisotopic (exact) mass is 250 g/mol. The molecule has 0 aliphatic heterocycles. The normalized spacial score (nSPS) is 11.9. The molecule has 3 N–H and O–H groups in total. The molecule has 0 aromatic carbocycles. The van der Waals surface area contributed by atoms with Crippen LogP contribution in [0.25, 0.3) is 0 Å². The molecule has 0 spiro atoms. The summed E-state index contributed by atoms with van der Waals surface area (Å²) in [5.74, 6) is 0.0742. The fourth-order valence-corrected chi connectivity index (χ4v) is 1.64. The maximum absolute atomic E-state index is 11.2. The highest BCUT2D eigenvalue weighted by molar-refractivity contribution is 8.00. The van der Waals surface area contributed by atoms with Crippen LogP contribution in [0.5, 0.6) is 0 Å². The number of thioether (sulfide) groups is 1. The highest BCUT2D eigenvalue weighted by Crippen LogP contribution is 2.02. The summed E-state index contributed by atoms with van der Waals surface area (Å²) >= 11 is 1.29. The lowest BCUT2D eigenvalue weighted by Gasteiger charge is -2.08. The van der Waals surface area contributed by atoms with Crippen molar-refractivity contribution in [2.24, 2.45) is 5.73 Å². The Kier molecular flexibility index (Phi) is 8.97. The molecule has 0 aromatic rings. The van der Waals surface area contributed by atoms with Gasteiger partial charge >= 0.3 is 5.97 Å². The van der Waals surface area contributed by atoms with Crippen molar-refractivity contribution in [3.05, 3.63) is 0 Å². The van der Waals surface area contributed by atoms with E-state index in [1.54, 1.807) is 7.11 Å². The number of esters is 1. The molecule has 1 amide bonds. The Morgan fingerprint density at radius 1 is 1.44 bits per heavy atom. The number of carbonyl (C=O) groups excluding carboxylic acids is 2. The molecule has 0 fully saturated rings. The van der Waals surface area contributed by atoms with E-state index in [0.717, 1.165) is 0 Å². The minimum Gasteiger partial charge on any atom is -0.468 e. The van der Waals surface area contributed by atoms with Crippen molar-refractivity contribution in [2.45, 2.75) is 6.04 Å². The first-order valence-electron chi connectivity index (χ1n) is 4.78. The van der Waals surface area contributed by atoms with Gasteiger partial charge in [0.2, 0.25) is 5.91 Å². The zero-order valence-electron chi connectivity index (χ0n) is 9.52. The van der Waals surface area contributed by atoms with E-state index in [0.29, 0.717) is 18.9 Å². The van der Waals surface area contributed by atoms with Crippen LogP contribution in [0, 0.1) is 0 Å². The van der Waals surface area contributed by atoms with E-state index in [9.17, 15) is 9.59 Å². The molecule has 6 nitrogen and oxygen atoms in total. The van der Waals surface area contributed by atoms with Gasteiger partial charge in [0.25, 0.3) is 0 Å². The Bertz CT molecular complexity index is 226. The third-order valence-corrected chi connectivity index (χ3v) is 2.72. The third-order valence-electron chi connectivity index (χ3n) is 1.66. The van der Waals surface area contributed by atoms with Crippen LogP contribution in [0.1, 0.15) is 0 Å².